The second-order valence-electron chi connectivity index (χ2n) is 4.79. The van der Waals surface area contributed by atoms with Gasteiger partial charge in [-0.25, -0.2) is 5.43 Å². The first-order valence-electron chi connectivity index (χ1n) is 6.58. The highest BCUT2D eigenvalue weighted by Crippen LogP contribution is 2.26. The molecule has 0 aliphatic heterocycles. The van der Waals surface area contributed by atoms with Crippen molar-refractivity contribution in [1.29, 1.82) is 0 Å². The maximum absolute atomic E-state index is 5.78. The van der Waals surface area contributed by atoms with Gasteiger partial charge in [0.25, 0.3) is 0 Å². The highest BCUT2D eigenvalue weighted by atomic mass is 15.3. The molecule has 1 unspecified atom stereocenters. The van der Waals surface area contributed by atoms with Gasteiger partial charge in [-0.1, -0.05) is 6.92 Å². The molecule has 6 heteroatoms. The van der Waals surface area contributed by atoms with Crippen LogP contribution in [0.2, 0.25) is 0 Å². The van der Waals surface area contributed by atoms with Crippen LogP contribution in [0.3, 0.4) is 0 Å². The van der Waals surface area contributed by atoms with E-state index in [9.17, 15) is 0 Å². The Labute approximate surface area is 113 Å². The summed E-state index contributed by atoms with van der Waals surface area (Å²) in [5.74, 6) is 5.78. The molecule has 104 valence electrons. The number of nitrogens with one attached hydrogen (secondary N) is 1. The third-order valence-corrected chi connectivity index (χ3v) is 3.50. The van der Waals surface area contributed by atoms with Crippen LogP contribution >= 0.6 is 0 Å². The van der Waals surface area contributed by atoms with Gasteiger partial charge in [-0.15, -0.1) is 0 Å². The summed E-state index contributed by atoms with van der Waals surface area (Å²) >= 11 is 0. The lowest BCUT2D eigenvalue weighted by atomic mass is 10.0. The topological polar surface area (TPSA) is 73.7 Å². The Bertz CT molecular complexity index is 553. The van der Waals surface area contributed by atoms with Crippen molar-refractivity contribution in [2.45, 2.75) is 39.8 Å². The molecule has 0 aromatic carbocycles. The Morgan fingerprint density at radius 2 is 2.16 bits per heavy atom. The van der Waals surface area contributed by atoms with Crippen LogP contribution in [0.25, 0.3) is 0 Å². The minimum atomic E-state index is -0.0808. The fraction of sp³-hybridized carbons (Fsp3) is 0.538. The Hall–Kier alpha value is -1.66. The summed E-state index contributed by atoms with van der Waals surface area (Å²) in [6, 6.07) is 1.93. The Morgan fingerprint density at radius 1 is 1.42 bits per heavy atom. The van der Waals surface area contributed by atoms with E-state index in [4.69, 9.17) is 5.84 Å². The molecule has 19 heavy (non-hydrogen) atoms. The van der Waals surface area contributed by atoms with Crippen molar-refractivity contribution in [2.24, 2.45) is 12.9 Å². The highest BCUT2D eigenvalue weighted by Gasteiger charge is 2.23. The molecule has 0 aliphatic rings. The maximum atomic E-state index is 5.78. The summed E-state index contributed by atoms with van der Waals surface area (Å²) in [6.07, 6.45) is 2.85. The molecule has 2 aromatic heterocycles. The molecule has 2 aromatic rings. The predicted molar refractivity (Wildman–Crippen MR) is 74.4 cm³/mol. The van der Waals surface area contributed by atoms with Gasteiger partial charge in [0, 0.05) is 31.0 Å². The smallest absolute Gasteiger partial charge is 0.0913 e. The lowest BCUT2D eigenvalue weighted by Crippen LogP contribution is -2.31. The van der Waals surface area contributed by atoms with Gasteiger partial charge in [0.1, 0.15) is 0 Å². The Kier molecular flexibility index (Phi) is 4.01. The van der Waals surface area contributed by atoms with Gasteiger partial charge in [-0.2, -0.15) is 10.2 Å². The zero-order valence-electron chi connectivity index (χ0n) is 12.0. The largest absolute Gasteiger partial charge is 0.272 e. The number of hydrogen-bond acceptors (Lipinski definition) is 4. The van der Waals surface area contributed by atoms with Crippen molar-refractivity contribution in [3.63, 3.8) is 0 Å². The highest BCUT2D eigenvalue weighted by molar-refractivity contribution is 5.34. The van der Waals surface area contributed by atoms with E-state index in [1.165, 1.54) is 0 Å². The van der Waals surface area contributed by atoms with Crippen LogP contribution in [0.15, 0.2) is 12.3 Å². The van der Waals surface area contributed by atoms with E-state index in [1.807, 2.05) is 35.6 Å². The fourth-order valence-electron chi connectivity index (χ4n) is 2.51. The molecule has 0 fully saturated rings. The van der Waals surface area contributed by atoms with Crippen LogP contribution in [0, 0.1) is 13.8 Å². The lowest BCUT2D eigenvalue weighted by molar-refractivity contribution is 0.518. The number of rotatable bonds is 5. The first kappa shape index (κ1) is 13.8. The van der Waals surface area contributed by atoms with E-state index in [1.54, 1.807) is 0 Å². The number of aryl methyl sites for hydroxylation is 3. The number of hydrogen-bond donors (Lipinski definition) is 2. The quantitative estimate of drug-likeness (QED) is 0.627. The van der Waals surface area contributed by atoms with Gasteiger partial charge in [0.05, 0.1) is 17.4 Å². The van der Waals surface area contributed by atoms with Crippen molar-refractivity contribution in [3.8, 4) is 0 Å². The van der Waals surface area contributed by atoms with E-state index >= 15 is 0 Å². The minimum absolute atomic E-state index is 0.0808. The maximum Gasteiger partial charge on any atom is 0.0913 e. The van der Waals surface area contributed by atoms with E-state index in [0.29, 0.717) is 0 Å². The van der Waals surface area contributed by atoms with Crippen molar-refractivity contribution >= 4 is 0 Å². The molecule has 1 atom stereocenters. The molecule has 0 spiro atoms. The van der Waals surface area contributed by atoms with Gasteiger partial charge < -0.3 is 0 Å². The van der Waals surface area contributed by atoms with Crippen molar-refractivity contribution in [1.82, 2.24) is 25.0 Å². The zero-order chi connectivity index (χ0) is 14.0. The lowest BCUT2D eigenvalue weighted by Gasteiger charge is -2.18. The third kappa shape index (κ3) is 2.41. The van der Waals surface area contributed by atoms with Gasteiger partial charge in [0.2, 0.25) is 0 Å². The van der Waals surface area contributed by atoms with Crippen molar-refractivity contribution in [3.05, 3.63) is 34.9 Å². The van der Waals surface area contributed by atoms with E-state index in [-0.39, 0.29) is 6.04 Å². The molecule has 0 saturated heterocycles. The average molecular weight is 262 g/mol. The standard InChI is InChI=1S/C13H22N6/c1-5-8-19-11(6-7-15-19)13(16-14)12-9(2)17-18(4)10(12)3/h6-7,13,16H,5,8,14H2,1-4H3. The number of aromatic nitrogens is 4. The molecule has 6 nitrogen and oxygen atoms in total. The second kappa shape index (κ2) is 5.54. The molecule has 3 N–H and O–H groups in total. The first-order chi connectivity index (χ1) is 9.10. The average Bonchev–Trinajstić information content (AvgIpc) is 2.91. The summed E-state index contributed by atoms with van der Waals surface area (Å²) in [7, 11) is 1.95. The fourth-order valence-corrected chi connectivity index (χ4v) is 2.51. The predicted octanol–water partition coefficient (Wildman–Crippen LogP) is 1.20. The molecule has 0 amide bonds. The molecule has 2 heterocycles. The first-order valence-corrected chi connectivity index (χ1v) is 6.58. The molecule has 0 bridgehead atoms. The molecule has 0 radical (unpaired) electrons. The Morgan fingerprint density at radius 3 is 2.68 bits per heavy atom. The van der Waals surface area contributed by atoms with Crippen LogP contribution in [0.4, 0.5) is 0 Å². The summed E-state index contributed by atoms with van der Waals surface area (Å²) in [6.45, 7) is 7.09. The van der Waals surface area contributed by atoms with Crippen LogP contribution in [-0.4, -0.2) is 19.6 Å². The zero-order valence-corrected chi connectivity index (χ0v) is 12.0. The van der Waals surface area contributed by atoms with Gasteiger partial charge in [-0.3, -0.25) is 15.2 Å². The summed E-state index contributed by atoms with van der Waals surface area (Å²) in [5, 5.41) is 8.82. The van der Waals surface area contributed by atoms with E-state index < -0.39 is 0 Å². The van der Waals surface area contributed by atoms with Crippen LogP contribution in [-0.2, 0) is 13.6 Å². The normalized spacial score (nSPS) is 12.9. The number of nitrogens with two attached hydrogens (primary N) is 1. The third-order valence-electron chi connectivity index (χ3n) is 3.50. The molecular formula is C13H22N6. The number of hydrazine groups is 1. The Balaban J connectivity index is 2.47. The summed E-state index contributed by atoms with van der Waals surface area (Å²) in [5.41, 5.74) is 7.21. The number of nitrogens with zero attached hydrogens (tertiary/aromatic N) is 4. The van der Waals surface area contributed by atoms with Crippen molar-refractivity contribution in [2.75, 3.05) is 0 Å². The van der Waals surface area contributed by atoms with E-state index in [2.05, 4.69) is 29.5 Å². The molecular weight excluding hydrogens is 240 g/mol. The summed E-state index contributed by atoms with van der Waals surface area (Å²) in [4.78, 5) is 0. The van der Waals surface area contributed by atoms with Gasteiger partial charge in [-0.05, 0) is 26.3 Å². The molecule has 0 aliphatic carbocycles. The monoisotopic (exact) mass is 262 g/mol. The van der Waals surface area contributed by atoms with Gasteiger partial charge in [0.15, 0.2) is 0 Å². The van der Waals surface area contributed by atoms with Crippen LogP contribution in [0.5, 0.6) is 0 Å². The summed E-state index contributed by atoms with van der Waals surface area (Å²) < 4.78 is 3.88. The van der Waals surface area contributed by atoms with Gasteiger partial charge >= 0.3 is 0 Å². The SMILES string of the molecule is CCCn1nccc1C(NN)c1c(C)nn(C)c1C. The minimum Gasteiger partial charge on any atom is -0.272 e. The van der Waals surface area contributed by atoms with E-state index in [0.717, 1.165) is 35.6 Å². The van der Waals surface area contributed by atoms with Crippen molar-refractivity contribution < 1.29 is 0 Å². The molecule has 2 rings (SSSR count). The molecule has 0 saturated carbocycles. The van der Waals surface area contributed by atoms with Crippen LogP contribution < -0.4 is 11.3 Å². The van der Waals surface area contributed by atoms with Crippen LogP contribution in [0.1, 0.15) is 42.0 Å². The second-order valence-corrected chi connectivity index (χ2v) is 4.79.